The van der Waals surface area contributed by atoms with E-state index in [0.717, 1.165) is 25.0 Å². The lowest BCUT2D eigenvalue weighted by atomic mass is 10.00. The first-order chi connectivity index (χ1) is 21.0. The number of nitro benzene ring substituents is 2. The molecule has 0 atom stereocenters. The highest BCUT2D eigenvalue weighted by atomic mass is 35.5. The van der Waals surface area contributed by atoms with Crippen LogP contribution in [0.4, 0.5) is 11.4 Å². The van der Waals surface area contributed by atoms with E-state index in [1.165, 1.54) is 12.1 Å². The molecule has 2 aromatic carbocycles. The number of aryl methyl sites for hydroxylation is 2. The van der Waals surface area contributed by atoms with Gasteiger partial charge in [0, 0.05) is 17.7 Å². The number of amides is 1. The molecule has 2 aliphatic carbocycles. The Kier molecular flexibility index (Phi) is 11.0. The average Bonchev–Trinajstić information content (AvgIpc) is 2.88. The first-order valence-electron chi connectivity index (χ1n) is 13.9. The van der Waals surface area contributed by atoms with Crippen LogP contribution in [0.15, 0.2) is 39.0 Å². The van der Waals surface area contributed by atoms with E-state index < -0.39 is 68.5 Å². The van der Waals surface area contributed by atoms with Gasteiger partial charge in [0.1, 0.15) is 9.79 Å². The van der Waals surface area contributed by atoms with Crippen molar-refractivity contribution in [3.63, 3.8) is 0 Å². The van der Waals surface area contributed by atoms with E-state index in [0.29, 0.717) is 49.7 Å². The van der Waals surface area contributed by atoms with Crippen molar-refractivity contribution in [2.45, 2.75) is 85.5 Å². The number of halogens is 1. The molecule has 0 radical (unpaired) electrons. The van der Waals surface area contributed by atoms with Gasteiger partial charge in [-0.3, -0.25) is 29.8 Å². The van der Waals surface area contributed by atoms with Crippen molar-refractivity contribution >= 4 is 59.8 Å². The average molecular weight is 686 g/mol. The monoisotopic (exact) mass is 685 g/mol. The minimum atomic E-state index is -3.81. The fourth-order valence-electron chi connectivity index (χ4n) is 4.83. The predicted molar refractivity (Wildman–Crippen MR) is 165 cm³/mol. The Morgan fingerprint density at radius 1 is 0.800 bits per heavy atom. The summed E-state index contributed by atoms with van der Waals surface area (Å²) in [6.07, 6.45) is 4.22. The Morgan fingerprint density at radius 3 is 1.47 bits per heavy atom. The number of hydrogen-bond acceptors (Lipinski definition) is 10. The maximum Gasteiger partial charge on any atom is 0.288 e. The molecule has 0 aliphatic heterocycles. The molecule has 2 saturated carbocycles. The summed E-state index contributed by atoms with van der Waals surface area (Å²) in [5, 5.41) is 20.5. The van der Waals surface area contributed by atoms with Crippen LogP contribution in [-0.4, -0.2) is 54.3 Å². The third-order valence-electron chi connectivity index (χ3n) is 7.79. The number of carbonyl (C=O) groups excluding carboxylic acids is 2. The minimum Gasteiger partial charge on any atom is -0.370 e. The third-order valence-corrected chi connectivity index (χ3v) is 12.6. The van der Waals surface area contributed by atoms with Crippen LogP contribution in [0.3, 0.4) is 0 Å². The van der Waals surface area contributed by atoms with Gasteiger partial charge in [-0.25, -0.2) is 16.8 Å². The quantitative estimate of drug-likeness (QED) is 0.119. The maximum absolute atomic E-state index is 12.6. The molecule has 2 fully saturated rings. The minimum absolute atomic E-state index is 0.0153. The van der Waals surface area contributed by atoms with Crippen LogP contribution in [0, 0.1) is 20.2 Å². The van der Waals surface area contributed by atoms with E-state index in [-0.39, 0.29) is 20.9 Å². The van der Waals surface area contributed by atoms with E-state index in [1.54, 1.807) is 13.8 Å². The normalized spacial score (nSPS) is 15.1. The van der Waals surface area contributed by atoms with Crippen LogP contribution in [0.5, 0.6) is 0 Å². The van der Waals surface area contributed by atoms with Gasteiger partial charge in [-0.05, 0) is 73.4 Å². The van der Waals surface area contributed by atoms with Gasteiger partial charge in [0.25, 0.3) is 22.5 Å². The summed E-state index contributed by atoms with van der Waals surface area (Å²) in [6, 6.07) is 4.33. The summed E-state index contributed by atoms with van der Waals surface area (Å²) in [5.74, 6) is -1.32. The number of hydrogen-bond donors (Lipinski definition) is 2. The van der Waals surface area contributed by atoms with Gasteiger partial charge in [0.15, 0.2) is 25.6 Å². The standard InChI is InChI=1S/C14H18N4O5S.C13H14ClNO5S/c1-2-8-6-12(24(22,23)9-4-3-5-9)11(18(20)21)7-10(8)13(19)17-14(15)16;1-2-8-6-12(21(19,20)9-4-3-5-9)11(15(17)18)7-10(8)13(14)16/h6-7,9H,2-5H2,1H3,(H4,15,16,17,19);6-7,9H,2-5H2,1H3. The fraction of sp³-hybridized carbons (Fsp3) is 0.444. The Balaban J connectivity index is 0.000000248. The Hall–Kier alpha value is -3.96. The molecular formula is C27H32ClN5O10S2. The van der Waals surface area contributed by atoms with Crippen LogP contribution in [0.25, 0.3) is 0 Å². The van der Waals surface area contributed by atoms with Crippen LogP contribution >= 0.6 is 11.6 Å². The molecule has 2 aliphatic rings. The predicted octanol–water partition coefficient (Wildman–Crippen LogP) is 3.76. The highest BCUT2D eigenvalue weighted by Crippen LogP contribution is 2.38. The summed E-state index contributed by atoms with van der Waals surface area (Å²) in [4.78, 5) is 47.0. The maximum atomic E-state index is 12.6. The number of nitrogens with zero attached hydrogens (tertiary/aromatic N) is 3. The number of nitrogens with two attached hydrogens (primary N) is 2. The lowest BCUT2D eigenvalue weighted by Crippen LogP contribution is -2.29. The van der Waals surface area contributed by atoms with Crippen molar-refractivity contribution in [2.75, 3.05) is 0 Å². The lowest BCUT2D eigenvalue weighted by molar-refractivity contribution is -0.388. The van der Waals surface area contributed by atoms with Crippen LogP contribution in [0.2, 0.25) is 0 Å². The van der Waals surface area contributed by atoms with E-state index >= 15 is 0 Å². The second kappa shape index (κ2) is 14.0. The molecule has 0 spiro atoms. The molecule has 45 heavy (non-hydrogen) atoms. The zero-order valence-electron chi connectivity index (χ0n) is 24.4. The molecule has 0 saturated heterocycles. The Labute approximate surface area is 264 Å². The molecule has 18 heteroatoms. The lowest BCUT2D eigenvalue weighted by Gasteiger charge is -2.25. The van der Waals surface area contributed by atoms with Crippen LogP contribution < -0.4 is 11.5 Å². The molecule has 2 aromatic rings. The Morgan fingerprint density at radius 2 is 1.18 bits per heavy atom. The van der Waals surface area contributed by atoms with Gasteiger partial charge in [0.05, 0.1) is 25.9 Å². The molecule has 244 valence electrons. The largest absolute Gasteiger partial charge is 0.370 e. The number of nitro groups is 2. The topological polar surface area (TPSA) is 253 Å². The first kappa shape index (κ1) is 35.5. The fourth-order valence-corrected chi connectivity index (χ4v) is 9.09. The first-order valence-corrected chi connectivity index (χ1v) is 17.4. The second-order valence-electron chi connectivity index (χ2n) is 10.5. The number of sulfone groups is 2. The highest BCUT2D eigenvalue weighted by molar-refractivity contribution is 7.92. The van der Waals surface area contributed by atoms with Gasteiger partial charge in [0.2, 0.25) is 0 Å². The molecule has 0 unspecified atom stereocenters. The van der Waals surface area contributed by atoms with Crippen molar-refractivity contribution < 1.29 is 36.3 Å². The van der Waals surface area contributed by atoms with Crippen molar-refractivity contribution in [3.05, 3.63) is 66.7 Å². The zero-order valence-corrected chi connectivity index (χ0v) is 26.8. The van der Waals surface area contributed by atoms with Crippen molar-refractivity contribution in [1.82, 2.24) is 0 Å². The molecule has 4 N–H and O–H groups in total. The Bertz CT molecular complexity index is 1800. The molecular weight excluding hydrogens is 654 g/mol. The summed E-state index contributed by atoms with van der Waals surface area (Å²) in [7, 11) is -7.56. The van der Waals surface area contributed by atoms with Crippen molar-refractivity contribution in [1.29, 1.82) is 0 Å². The van der Waals surface area contributed by atoms with E-state index in [1.807, 2.05) is 0 Å². The van der Waals surface area contributed by atoms with E-state index in [2.05, 4.69) is 4.99 Å². The highest BCUT2D eigenvalue weighted by Gasteiger charge is 2.39. The molecule has 0 heterocycles. The van der Waals surface area contributed by atoms with E-state index in [4.69, 9.17) is 23.1 Å². The number of aliphatic imine (C=N–C) groups is 1. The molecule has 15 nitrogen and oxygen atoms in total. The SMILES string of the molecule is CCc1cc(S(=O)(=O)C2CCC2)c([N+](=O)[O-])cc1C(=O)Cl.CCc1cc(S(=O)(=O)C2CCC2)c([N+](=O)[O-])cc1C(=O)N=C(N)N. The van der Waals surface area contributed by atoms with Crippen LogP contribution in [-0.2, 0) is 32.5 Å². The van der Waals surface area contributed by atoms with Gasteiger partial charge in [-0.15, -0.1) is 0 Å². The second-order valence-corrected chi connectivity index (χ2v) is 15.2. The van der Waals surface area contributed by atoms with Crippen molar-refractivity contribution in [2.24, 2.45) is 16.5 Å². The number of guanidine groups is 1. The molecule has 0 aromatic heterocycles. The van der Waals surface area contributed by atoms with E-state index in [9.17, 15) is 46.7 Å². The van der Waals surface area contributed by atoms with Gasteiger partial charge < -0.3 is 11.5 Å². The van der Waals surface area contributed by atoms with Crippen molar-refractivity contribution in [3.8, 4) is 0 Å². The smallest absolute Gasteiger partial charge is 0.288 e. The summed E-state index contributed by atoms with van der Waals surface area (Å²) in [6.45, 7) is 3.43. The molecule has 4 rings (SSSR count). The third kappa shape index (κ3) is 7.48. The van der Waals surface area contributed by atoms with Gasteiger partial charge >= 0.3 is 0 Å². The van der Waals surface area contributed by atoms with Gasteiger partial charge in [-0.1, -0.05) is 26.7 Å². The number of carbonyl (C=O) groups is 2. The summed E-state index contributed by atoms with van der Waals surface area (Å²) >= 11 is 5.42. The number of rotatable bonds is 10. The summed E-state index contributed by atoms with van der Waals surface area (Å²) < 4.78 is 50.2. The van der Waals surface area contributed by atoms with Crippen LogP contribution in [0.1, 0.15) is 84.2 Å². The zero-order chi connectivity index (χ0) is 33.9. The molecule has 0 bridgehead atoms. The summed E-state index contributed by atoms with van der Waals surface area (Å²) in [5.41, 5.74) is 9.76. The molecule has 1 amide bonds. The van der Waals surface area contributed by atoms with Gasteiger partial charge in [-0.2, -0.15) is 4.99 Å². The number of benzene rings is 2.